The molecule has 0 radical (unpaired) electrons. The van der Waals surface area contributed by atoms with Crippen molar-refractivity contribution in [3.05, 3.63) is 58.7 Å². The third kappa shape index (κ3) is 9.05. The molecule has 0 aromatic rings. The van der Waals surface area contributed by atoms with Gasteiger partial charge in [0.1, 0.15) is 0 Å². The quantitative estimate of drug-likeness (QED) is 0.652. The van der Waals surface area contributed by atoms with Crippen molar-refractivity contribution < 1.29 is 10.2 Å². The third-order valence-electron chi connectivity index (χ3n) is 4.19. The second-order valence-corrected chi connectivity index (χ2v) is 6.98. The predicted molar refractivity (Wildman–Crippen MR) is 106 cm³/mol. The molecule has 0 unspecified atom stereocenters. The summed E-state index contributed by atoms with van der Waals surface area (Å²) in [6.45, 7) is 13.1. The lowest BCUT2D eigenvalue weighted by atomic mass is 9.72. The molecule has 0 heterocycles. The monoisotopic (exact) mass is 332 g/mol. The van der Waals surface area contributed by atoms with Gasteiger partial charge in [-0.15, -0.1) is 0 Å². The SMILES string of the molecule is CC1=C(/C=C/C(C)=C/C=C/C(C)=C/CO)C(C)(C)CCC1.CCO. The van der Waals surface area contributed by atoms with Crippen molar-refractivity contribution >= 4 is 0 Å². The van der Waals surface area contributed by atoms with E-state index in [0.29, 0.717) is 5.41 Å². The zero-order chi connectivity index (χ0) is 18.6. The average molecular weight is 333 g/mol. The van der Waals surface area contributed by atoms with Gasteiger partial charge in [0.25, 0.3) is 0 Å². The van der Waals surface area contributed by atoms with Crippen LogP contribution < -0.4 is 0 Å². The maximum atomic E-state index is 8.81. The molecule has 0 saturated carbocycles. The van der Waals surface area contributed by atoms with Crippen LogP contribution in [0.3, 0.4) is 0 Å². The van der Waals surface area contributed by atoms with Crippen molar-refractivity contribution in [2.24, 2.45) is 5.41 Å². The fraction of sp³-hybridized carbons (Fsp3) is 0.545. The van der Waals surface area contributed by atoms with Crippen LogP contribution in [-0.2, 0) is 0 Å². The summed E-state index contributed by atoms with van der Waals surface area (Å²) in [5, 5.41) is 16.4. The van der Waals surface area contributed by atoms with Crippen molar-refractivity contribution in [3.8, 4) is 0 Å². The molecule has 1 aliphatic carbocycles. The summed E-state index contributed by atoms with van der Waals surface area (Å²) in [7, 11) is 0. The van der Waals surface area contributed by atoms with Gasteiger partial charge in [-0.25, -0.2) is 0 Å². The standard InChI is InChI=1S/C20H30O.C2H6O/c1-16(8-6-9-17(2)13-15-21)11-12-19-18(3)10-7-14-20(19,4)5;1-2-3/h6,8-9,11-13,21H,7,10,14-15H2,1-5H3;3H,2H2,1H3/b9-6+,12-11+,16-8+,17-13+;. The third-order valence-corrected chi connectivity index (χ3v) is 4.19. The van der Waals surface area contributed by atoms with Crippen LogP contribution in [0.15, 0.2) is 58.7 Å². The van der Waals surface area contributed by atoms with Crippen molar-refractivity contribution in [1.82, 2.24) is 0 Å². The molecule has 0 bridgehead atoms. The van der Waals surface area contributed by atoms with E-state index in [1.54, 1.807) is 13.0 Å². The van der Waals surface area contributed by atoms with Gasteiger partial charge >= 0.3 is 0 Å². The molecule has 24 heavy (non-hydrogen) atoms. The first kappa shape index (κ1) is 22.6. The number of allylic oxidation sites excluding steroid dienone is 9. The normalized spacial score (nSPS) is 19.0. The molecule has 0 spiro atoms. The van der Waals surface area contributed by atoms with E-state index in [-0.39, 0.29) is 13.2 Å². The highest BCUT2D eigenvalue weighted by Gasteiger charge is 2.26. The topological polar surface area (TPSA) is 40.5 Å². The van der Waals surface area contributed by atoms with Gasteiger partial charge in [0.15, 0.2) is 0 Å². The first-order valence-electron chi connectivity index (χ1n) is 8.90. The highest BCUT2D eigenvalue weighted by Crippen LogP contribution is 2.40. The molecule has 0 aliphatic heterocycles. The lowest BCUT2D eigenvalue weighted by Gasteiger charge is -2.32. The number of hydrogen-bond acceptors (Lipinski definition) is 2. The molecular weight excluding hydrogens is 296 g/mol. The Labute approximate surface area is 149 Å². The van der Waals surface area contributed by atoms with Gasteiger partial charge in [0.05, 0.1) is 6.61 Å². The first-order valence-corrected chi connectivity index (χ1v) is 8.90. The van der Waals surface area contributed by atoms with Crippen LogP contribution in [0.25, 0.3) is 0 Å². The minimum absolute atomic E-state index is 0.0985. The highest BCUT2D eigenvalue weighted by atomic mass is 16.3. The molecule has 2 N–H and O–H groups in total. The summed E-state index contributed by atoms with van der Waals surface area (Å²) < 4.78 is 0. The molecule has 0 saturated heterocycles. The van der Waals surface area contributed by atoms with Crippen LogP contribution in [0.4, 0.5) is 0 Å². The summed E-state index contributed by atoms with van der Waals surface area (Å²) in [5.41, 5.74) is 5.66. The molecule has 1 aliphatic rings. The van der Waals surface area contributed by atoms with E-state index >= 15 is 0 Å². The molecule has 0 atom stereocenters. The summed E-state index contributed by atoms with van der Waals surface area (Å²) in [4.78, 5) is 0. The number of rotatable bonds is 5. The Kier molecular flexibility index (Phi) is 11.4. The highest BCUT2D eigenvalue weighted by molar-refractivity contribution is 5.37. The van der Waals surface area contributed by atoms with Gasteiger partial charge in [-0.2, -0.15) is 0 Å². The number of aliphatic hydroxyl groups excluding tert-OH is 2. The van der Waals surface area contributed by atoms with E-state index in [1.807, 2.05) is 19.1 Å². The van der Waals surface area contributed by atoms with Crippen molar-refractivity contribution in [2.45, 2.75) is 60.8 Å². The van der Waals surface area contributed by atoms with E-state index in [4.69, 9.17) is 10.2 Å². The molecular formula is C22H36O2. The van der Waals surface area contributed by atoms with Gasteiger partial charge in [-0.1, -0.05) is 67.0 Å². The summed E-state index contributed by atoms with van der Waals surface area (Å²) >= 11 is 0. The van der Waals surface area contributed by atoms with Gasteiger partial charge in [0.2, 0.25) is 0 Å². The first-order chi connectivity index (χ1) is 11.3. The van der Waals surface area contributed by atoms with Gasteiger partial charge in [-0.3, -0.25) is 0 Å². The molecule has 2 nitrogen and oxygen atoms in total. The van der Waals surface area contributed by atoms with Crippen molar-refractivity contribution in [1.29, 1.82) is 0 Å². The second-order valence-electron chi connectivity index (χ2n) is 6.98. The van der Waals surface area contributed by atoms with Crippen LogP contribution in [0.5, 0.6) is 0 Å². The number of hydrogen-bond donors (Lipinski definition) is 2. The summed E-state index contributed by atoms with van der Waals surface area (Å²) in [6, 6.07) is 0. The van der Waals surface area contributed by atoms with E-state index in [2.05, 4.69) is 45.9 Å². The zero-order valence-corrected chi connectivity index (χ0v) is 16.4. The van der Waals surface area contributed by atoms with Crippen LogP contribution in [-0.4, -0.2) is 23.4 Å². The lowest BCUT2D eigenvalue weighted by molar-refractivity contribution is 0.318. The van der Waals surface area contributed by atoms with Crippen molar-refractivity contribution in [2.75, 3.05) is 13.2 Å². The van der Waals surface area contributed by atoms with E-state index in [9.17, 15) is 0 Å². The minimum Gasteiger partial charge on any atom is -0.397 e. The van der Waals surface area contributed by atoms with E-state index in [0.717, 1.165) is 5.57 Å². The van der Waals surface area contributed by atoms with E-state index in [1.165, 1.54) is 36.0 Å². The Morgan fingerprint density at radius 1 is 1.12 bits per heavy atom. The van der Waals surface area contributed by atoms with Gasteiger partial charge in [0, 0.05) is 6.61 Å². The summed E-state index contributed by atoms with van der Waals surface area (Å²) in [5.74, 6) is 0. The maximum absolute atomic E-state index is 8.81. The van der Waals surface area contributed by atoms with E-state index < -0.39 is 0 Å². The molecule has 0 amide bonds. The van der Waals surface area contributed by atoms with Crippen LogP contribution in [0.1, 0.15) is 60.8 Å². The zero-order valence-electron chi connectivity index (χ0n) is 16.4. The second kappa shape index (κ2) is 12.0. The minimum atomic E-state index is 0.0985. The van der Waals surface area contributed by atoms with Crippen LogP contribution >= 0.6 is 0 Å². The van der Waals surface area contributed by atoms with Crippen molar-refractivity contribution in [3.63, 3.8) is 0 Å². The van der Waals surface area contributed by atoms with Crippen LogP contribution in [0.2, 0.25) is 0 Å². The Hall–Kier alpha value is -1.38. The fourth-order valence-corrected chi connectivity index (χ4v) is 2.84. The largest absolute Gasteiger partial charge is 0.397 e. The smallest absolute Gasteiger partial charge is 0.0617 e. The number of aliphatic hydroxyl groups is 2. The Bertz CT molecular complexity index is 514. The molecule has 136 valence electrons. The molecule has 0 aromatic heterocycles. The Morgan fingerprint density at radius 2 is 1.75 bits per heavy atom. The van der Waals surface area contributed by atoms with Gasteiger partial charge in [-0.05, 0) is 57.9 Å². The summed E-state index contributed by atoms with van der Waals surface area (Å²) in [6.07, 6.45) is 16.3. The molecule has 1 rings (SSSR count). The Morgan fingerprint density at radius 3 is 2.29 bits per heavy atom. The predicted octanol–water partition coefficient (Wildman–Crippen LogP) is 5.51. The molecule has 0 fully saturated rings. The average Bonchev–Trinajstić information content (AvgIpc) is 2.47. The van der Waals surface area contributed by atoms with Gasteiger partial charge < -0.3 is 10.2 Å². The Balaban J connectivity index is 0.00000163. The maximum Gasteiger partial charge on any atom is 0.0617 e. The lowest BCUT2D eigenvalue weighted by Crippen LogP contribution is -2.19. The fourth-order valence-electron chi connectivity index (χ4n) is 2.84. The molecule has 2 heteroatoms. The molecule has 0 aromatic carbocycles. The van der Waals surface area contributed by atoms with Crippen LogP contribution in [0, 0.1) is 5.41 Å².